The summed E-state index contributed by atoms with van der Waals surface area (Å²) >= 11 is 2.84. The maximum absolute atomic E-state index is 11.5. The number of thiazole rings is 2. The van der Waals surface area contributed by atoms with E-state index in [0.717, 1.165) is 20.9 Å². The number of nitrogen functional groups attached to an aromatic ring is 1. The van der Waals surface area contributed by atoms with Gasteiger partial charge in [0.25, 0.3) is 0 Å². The van der Waals surface area contributed by atoms with E-state index < -0.39 is 24.5 Å². The Morgan fingerprint density at radius 3 is 2.81 bits per heavy atom. The molecule has 4 atom stereocenters. The summed E-state index contributed by atoms with van der Waals surface area (Å²) in [5.41, 5.74) is 20.4. The van der Waals surface area contributed by atoms with Crippen molar-refractivity contribution in [2.24, 2.45) is 17.3 Å². The van der Waals surface area contributed by atoms with Gasteiger partial charge < -0.3 is 36.8 Å². The van der Waals surface area contributed by atoms with Crippen LogP contribution in [0.3, 0.4) is 0 Å². The smallest absolute Gasteiger partial charge is 0.180 e. The third kappa shape index (κ3) is 5.28. The van der Waals surface area contributed by atoms with Gasteiger partial charge in [-0.3, -0.25) is 0 Å². The zero-order chi connectivity index (χ0) is 26.3. The Labute approximate surface area is 220 Å². The van der Waals surface area contributed by atoms with Gasteiger partial charge in [-0.05, 0) is 32.0 Å². The molecule has 0 spiro atoms. The van der Waals surface area contributed by atoms with Gasteiger partial charge in [-0.1, -0.05) is 0 Å². The Kier molecular flexibility index (Phi) is 7.09. The van der Waals surface area contributed by atoms with E-state index in [4.69, 9.17) is 32.5 Å². The number of rotatable bonds is 5. The van der Waals surface area contributed by atoms with Crippen molar-refractivity contribution < 1.29 is 14.6 Å². The van der Waals surface area contributed by atoms with Gasteiger partial charge in [0.1, 0.15) is 30.0 Å². The van der Waals surface area contributed by atoms with Gasteiger partial charge in [-0.25, -0.2) is 25.5 Å². The van der Waals surface area contributed by atoms with Crippen LogP contribution >= 0.6 is 22.7 Å². The molecule has 1 aliphatic rings. The molecule has 1 aromatic carbocycles. The number of hydrogen-bond donors (Lipinski definition) is 5. The molecule has 3 unspecified atom stereocenters. The monoisotopic (exact) mass is 544 g/mol. The van der Waals surface area contributed by atoms with Crippen LogP contribution in [-0.2, 0) is 9.47 Å². The fourth-order valence-corrected chi connectivity index (χ4v) is 5.53. The summed E-state index contributed by atoms with van der Waals surface area (Å²) in [5, 5.41) is 20.5. The highest BCUT2D eigenvalue weighted by Crippen LogP contribution is 2.30. The van der Waals surface area contributed by atoms with E-state index in [0.29, 0.717) is 22.5 Å². The second kappa shape index (κ2) is 10.3. The minimum Gasteiger partial charge on any atom is -0.396 e. The van der Waals surface area contributed by atoms with Gasteiger partial charge in [-0.15, -0.1) is 22.7 Å². The number of aryl methyl sites for hydroxylation is 2. The van der Waals surface area contributed by atoms with Gasteiger partial charge in [0.05, 0.1) is 45.9 Å². The first-order valence-electron chi connectivity index (χ1n) is 11.4. The molecule has 1 saturated heterocycles. The standard InChI is InChI=1S/C22H28N10O3S2/c1-10-27-21(32(30-10)12-3-4-14-17(5-12)37-11(2)28-14)20-19(33)16(7-34-8-18(24)35-20)31(26)6-13(23)15-9-36-22(25)29-15/h3-6,9,16,18-20,33H,7-8,23-24,26H2,1-2H3,(H2,25,29)/b13-6-/t16-,18?,19?,20?/m1/s1. The summed E-state index contributed by atoms with van der Waals surface area (Å²) < 4.78 is 14.3. The maximum Gasteiger partial charge on any atom is 0.180 e. The number of aliphatic hydroxyl groups excluding tert-OH is 1. The molecule has 9 N–H and O–H groups in total. The molecular formula is C22H28N10O3S2. The third-order valence-corrected chi connectivity index (χ3v) is 7.41. The Morgan fingerprint density at radius 1 is 1.24 bits per heavy atom. The van der Waals surface area contributed by atoms with Crippen molar-refractivity contribution in [2.45, 2.75) is 38.3 Å². The van der Waals surface area contributed by atoms with E-state index in [-0.39, 0.29) is 18.9 Å². The number of nitrogens with zero attached hydrogens (tertiary/aromatic N) is 6. The molecule has 4 heterocycles. The molecule has 13 nitrogen and oxygen atoms in total. The fraction of sp³-hybridized carbons (Fsp3) is 0.364. The number of hydrazine groups is 1. The fourth-order valence-electron chi connectivity index (χ4n) is 4.10. The topological polar surface area (TPSA) is 202 Å². The predicted octanol–water partition coefficient (Wildman–Crippen LogP) is 0.768. The Hall–Kier alpha value is -3.18. The first-order valence-corrected chi connectivity index (χ1v) is 13.1. The number of benzene rings is 1. The predicted molar refractivity (Wildman–Crippen MR) is 141 cm³/mol. The Balaban J connectivity index is 1.50. The van der Waals surface area contributed by atoms with Crippen LogP contribution in [0.15, 0.2) is 29.8 Å². The van der Waals surface area contributed by atoms with Crippen LogP contribution < -0.4 is 23.0 Å². The molecule has 5 rings (SSSR count). The lowest BCUT2D eigenvalue weighted by atomic mass is 10.0. The molecule has 0 saturated carbocycles. The van der Waals surface area contributed by atoms with E-state index in [1.807, 2.05) is 25.1 Å². The number of fused-ring (bicyclic) bond motifs is 1. The molecule has 4 aromatic rings. The number of anilines is 1. The van der Waals surface area contributed by atoms with Crippen molar-refractivity contribution >= 4 is 43.7 Å². The lowest BCUT2D eigenvalue weighted by Crippen LogP contribution is -2.54. The van der Waals surface area contributed by atoms with Crippen molar-refractivity contribution in [3.05, 3.63) is 52.1 Å². The normalized spacial score (nSPS) is 23.2. The summed E-state index contributed by atoms with van der Waals surface area (Å²) in [5.74, 6) is 7.23. The van der Waals surface area contributed by atoms with Crippen molar-refractivity contribution in [3.63, 3.8) is 0 Å². The molecule has 0 amide bonds. The lowest BCUT2D eigenvalue weighted by Gasteiger charge is -2.37. The SMILES string of the molecule is Cc1nc(C2OC(N)COC[C@@H](N(N)/C=C(\N)c3csc(N)n3)C2O)n(-c2ccc3nc(C)sc3c2)n1. The second-order valence-electron chi connectivity index (χ2n) is 8.61. The summed E-state index contributed by atoms with van der Waals surface area (Å²) in [7, 11) is 0. The molecule has 3 aromatic heterocycles. The average Bonchev–Trinajstić information content (AvgIpc) is 3.55. The van der Waals surface area contributed by atoms with Gasteiger partial charge in [0, 0.05) is 11.6 Å². The van der Waals surface area contributed by atoms with Crippen LogP contribution in [0.2, 0.25) is 0 Å². The van der Waals surface area contributed by atoms with Gasteiger partial charge in [-0.2, -0.15) is 5.10 Å². The van der Waals surface area contributed by atoms with E-state index in [1.54, 1.807) is 28.3 Å². The highest BCUT2D eigenvalue weighted by atomic mass is 32.1. The van der Waals surface area contributed by atoms with Crippen LogP contribution in [0.4, 0.5) is 5.13 Å². The molecule has 15 heteroatoms. The lowest BCUT2D eigenvalue weighted by molar-refractivity contribution is -0.156. The number of aliphatic hydroxyl groups is 1. The van der Waals surface area contributed by atoms with Crippen molar-refractivity contribution in [1.29, 1.82) is 0 Å². The van der Waals surface area contributed by atoms with E-state index in [1.165, 1.54) is 22.5 Å². The van der Waals surface area contributed by atoms with Gasteiger partial charge in [0.2, 0.25) is 0 Å². The van der Waals surface area contributed by atoms with Gasteiger partial charge >= 0.3 is 0 Å². The maximum atomic E-state index is 11.5. The minimum atomic E-state index is -1.21. The summed E-state index contributed by atoms with van der Waals surface area (Å²) in [4.78, 5) is 13.3. The number of hydrogen-bond acceptors (Lipinski definition) is 14. The number of aromatic nitrogens is 5. The third-order valence-electron chi connectivity index (χ3n) is 5.80. The van der Waals surface area contributed by atoms with E-state index in [2.05, 4.69) is 20.1 Å². The van der Waals surface area contributed by atoms with Crippen LogP contribution in [-0.4, -0.2) is 66.4 Å². The zero-order valence-electron chi connectivity index (χ0n) is 20.2. The van der Waals surface area contributed by atoms with Crippen molar-refractivity contribution in [2.75, 3.05) is 18.9 Å². The van der Waals surface area contributed by atoms with E-state index in [9.17, 15) is 5.11 Å². The van der Waals surface area contributed by atoms with Crippen LogP contribution in [0.25, 0.3) is 21.6 Å². The van der Waals surface area contributed by atoms with Crippen LogP contribution in [0, 0.1) is 13.8 Å². The number of nitrogens with two attached hydrogens (primary N) is 4. The molecule has 37 heavy (non-hydrogen) atoms. The highest BCUT2D eigenvalue weighted by molar-refractivity contribution is 7.18. The first kappa shape index (κ1) is 25.5. The summed E-state index contributed by atoms with van der Waals surface area (Å²) in [6.45, 7) is 3.88. The minimum absolute atomic E-state index is 0.0629. The molecule has 0 aliphatic carbocycles. The van der Waals surface area contributed by atoms with Crippen molar-refractivity contribution in [3.8, 4) is 5.69 Å². The molecule has 196 valence electrons. The first-order chi connectivity index (χ1) is 17.7. The van der Waals surface area contributed by atoms with E-state index >= 15 is 0 Å². The van der Waals surface area contributed by atoms with Crippen molar-refractivity contribution in [1.82, 2.24) is 29.7 Å². The molecule has 0 bridgehead atoms. The van der Waals surface area contributed by atoms with Crippen LogP contribution in [0.1, 0.15) is 28.5 Å². The highest BCUT2D eigenvalue weighted by Gasteiger charge is 2.39. The van der Waals surface area contributed by atoms with Crippen LogP contribution in [0.5, 0.6) is 0 Å². The zero-order valence-corrected chi connectivity index (χ0v) is 21.8. The molecule has 1 aliphatic heterocycles. The Morgan fingerprint density at radius 2 is 2.05 bits per heavy atom. The summed E-state index contributed by atoms with van der Waals surface area (Å²) in [6, 6.07) is 5.04. The Bertz CT molecular complexity index is 1430. The number of ether oxygens (including phenoxy) is 2. The second-order valence-corrected chi connectivity index (χ2v) is 10.7. The average molecular weight is 545 g/mol. The molecule has 1 fully saturated rings. The molecule has 0 radical (unpaired) electrons. The molecular weight excluding hydrogens is 516 g/mol. The summed E-state index contributed by atoms with van der Waals surface area (Å²) in [6.07, 6.45) is -1.51. The largest absolute Gasteiger partial charge is 0.396 e. The quantitative estimate of drug-likeness (QED) is 0.175. The van der Waals surface area contributed by atoms with Gasteiger partial charge in [0.15, 0.2) is 11.0 Å².